The number of fused-ring (bicyclic) bond motifs is 7. The zero-order valence-corrected chi connectivity index (χ0v) is 34.3. The molecule has 0 amide bonds. The molecule has 5 aliphatic carbocycles. The summed E-state index contributed by atoms with van der Waals surface area (Å²) in [6.07, 6.45) is 16.6. The smallest absolute Gasteiger partial charge is 0.306 e. The van der Waals surface area contributed by atoms with E-state index in [9.17, 15) is 14.7 Å². The molecule has 0 radical (unpaired) electrons. The van der Waals surface area contributed by atoms with E-state index in [-0.39, 0.29) is 35.7 Å². The lowest BCUT2D eigenvalue weighted by Crippen LogP contribution is -2.66. The average Bonchev–Trinajstić information content (AvgIpc) is 3.42. The maximum atomic E-state index is 13.2. The highest BCUT2D eigenvalue weighted by atomic mass is 16.5. The first-order valence-electron chi connectivity index (χ1n) is 21.3. The van der Waals surface area contributed by atoms with E-state index in [4.69, 9.17) is 4.74 Å². The summed E-state index contributed by atoms with van der Waals surface area (Å²) in [5, 5.41) is 13.4. The number of carbonyl (C=O) groups is 2. The zero-order valence-electron chi connectivity index (χ0n) is 34.3. The number of hydrogen-bond donors (Lipinski definition) is 2. The second kappa shape index (κ2) is 14.0. The minimum absolute atomic E-state index is 0.0264. The Bertz CT molecular complexity index is 1320. The van der Waals surface area contributed by atoms with Crippen LogP contribution in [-0.4, -0.2) is 60.3 Å². The number of nitrogens with one attached hydrogen (secondary N) is 1. The molecule has 6 aliphatic rings. The molecule has 10 atom stereocenters. The van der Waals surface area contributed by atoms with Crippen molar-refractivity contribution in [3.8, 4) is 0 Å². The molecule has 6 fully saturated rings. The number of likely N-dealkylation sites (tertiary alicyclic amines) is 1. The summed E-state index contributed by atoms with van der Waals surface area (Å²) in [6.45, 7) is 30.7. The summed E-state index contributed by atoms with van der Waals surface area (Å²) in [7, 11) is 0. The van der Waals surface area contributed by atoms with Crippen molar-refractivity contribution >= 4 is 11.9 Å². The molecule has 0 aromatic carbocycles. The third-order valence-electron chi connectivity index (χ3n) is 17.8. The Labute approximate surface area is 312 Å². The van der Waals surface area contributed by atoms with Gasteiger partial charge < -0.3 is 20.1 Å². The van der Waals surface area contributed by atoms with E-state index in [0.717, 1.165) is 24.7 Å². The minimum Gasteiger partial charge on any atom is -0.481 e. The molecule has 0 bridgehead atoms. The third kappa shape index (κ3) is 6.80. The molecule has 1 heterocycles. The van der Waals surface area contributed by atoms with Gasteiger partial charge in [0.25, 0.3) is 0 Å². The molecule has 1 saturated heterocycles. The minimum atomic E-state index is -0.864. The first-order valence-corrected chi connectivity index (χ1v) is 21.3. The highest BCUT2D eigenvalue weighted by Crippen LogP contribution is 2.78. The SMILES string of the molecule is C=C(C)C1CC[C@]2(CCNC3CCN(CC)CC3)CC[C@]3(C)[C@H](CC[C@@H]4[C@@]5(C)CC[C@H](OC(=O)CC(C)(C)CC(=O)O)C(C)(C)C5CC[C@]43C)[C@H]12. The van der Waals surface area contributed by atoms with Crippen LogP contribution in [0.2, 0.25) is 0 Å². The molecular weight excluding hydrogens is 633 g/mol. The van der Waals surface area contributed by atoms with Crippen LogP contribution in [0.3, 0.4) is 0 Å². The normalized spacial score (nSPS) is 42.6. The fourth-order valence-electron chi connectivity index (χ4n) is 14.9. The maximum Gasteiger partial charge on any atom is 0.306 e. The van der Waals surface area contributed by atoms with E-state index < -0.39 is 11.4 Å². The molecule has 6 rings (SSSR count). The van der Waals surface area contributed by atoms with Crippen LogP contribution in [0.4, 0.5) is 0 Å². The topological polar surface area (TPSA) is 78.9 Å². The number of allylic oxidation sites excluding steroid dienone is 1. The molecule has 2 N–H and O–H groups in total. The van der Waals surface area contributed by atoms with Gasteiger partial charge in [-0.15, -0.1) is 0 Å². The molecule has 51 heavy (non-hydrogen) atoms. The van der Waals surface area contributed by atoms with Crippen molar-refractivity contribution in [2.75, 3.05) is 26.2 Å². The highest BCUT2D eigenvalue weighted by Gasteiger charge is 2.71. The summed E-state index contributed by atoms with van der Waals surface area (Å²) >= 11 is 0. The van der Waals surface area contributed by atoms with Crippen LogP contribution < -0.4 is 5.32 Å². The van der Waals surface area contributed by atoms with E-state index in [2.05, 4.69) is 65.3 Å². The van der Waals surface area contributed by atoms with Crippen LogP contribution in [0.5, 0.6) is 0 Å². The van der Waals surface area contributed by atoms with E-state index in [0.29, 0.717) is 40.0 Å². The first kappa shape index (κ1) is 39.3. The Morgan fingerprint density at radius 2 is 1.57 bits per heavy atom. The van der Waals surface area contributed by atoms with Crippen LogP contribution in [0, 0.1) is 62.1 Å². The lowest BCUT2D eigenvalue weighted by atomic mass is 9.32. The van der Waals surface area contributed by atoms with Gasteiger partial charge in [-0.1, -0.05) is 67.5 Å². The number of nitrogens with zero attached hydrogens (tertiary/aromatic N) is 1. The van der Waals surface area contributed by atoms with Crippen LogP contribution in [0.1, 0.15) is 159 Å². The van der Waals surface area contributed by atoms with E-state index in [1.54, 1.807) is 0 Å². The number of carbonyl (C=O) groups excluding carboxylic acids is 1. The number of rotatable bonds is 11. The van der Waals surface area contributed by atoms with Crippen molar-refractivity contribution in [3.63, 3.8) is 0 Å². The molecule has 290 valence electrons. The second-order valence-electron chi connectivity index (χ2n) is 21.2. The lowest BCUT2D eigenvalue weighted by molar-refractivity contribution is -0.250. The Morgan fingerprint density at radius 1 is 0.863 bits per heavy atom. The number of carboxylic acid groups (broad SMARTS) is 1. The molecule has 5 saturated carbocycles. The van der Waals surface area contributed by atoms with Crippen LogP contribution in [0.15, 0.2) is 12.2 Å². The van der Waals surface area contributed by atoms with E-state index in [1.807, 2.05) is 13.8 Å². The van der Waals surface area contributed by atoms with Crippen molar-refractivity contribution in [3.05, 3.63) is 12.2 Å². The summed E-state index contributed by atoms with van der Waals surface area (Å²) in [6, 6.07) is 0.687. The molecule has 0 spiro atoms. The van der Waals surface area contributed by atoms with Gasteiger partial charge in [0.05, 0.1) is 12.8 Å². The van der Waals surface area contributed by atoms with Gasteiger partial charge in [-0.25, -0.2) is 0 Å². The number of piperidine rings is 1. The Balaban J connectivity index is 1.18. The molecule has 1 aliphatic heterocycles. The van der Waals surface area contributed by atoms with Gasteiger partial charge in [0, 0.05) is 11.5 Å². The summed E-state index contributed by atoms with van der Waals surface area (Å²) in [4.78, 5) is 27.3. The molecule has 6 heteroatoms. The maximum absolute atomic E-state index is 13.2. The number of esters is 1. The van der Waals surface area contributed by atoms with Gasteiger partial charge in [-0.05, 0) is 173 Å². The van der Waals surface area contributed by atoms with Gasteiger partial charge in [0.1, 0.15) is 6.10 Å². The number of hydrogen-bond acceptors (Lipinski definition) is 5. The number of carboxylic acids is 1. The first-order chi connectivity index (χ1) is 23.8. The largest absolute Gasteiger partial charge is 0.481 e. The van der Waals surface area contributed by atoms with Crippen molar-refractivity contribution in [2.24, 2.45) is 62.1 Å². The standard InChI is InChI=1S/C45H76N2O4/c1-11-47-26-17-31(18-27-47)46-25-24-45-21-14-32(30(2)3)39(45)33-12-13-35-42(8)19-16-36(51-38(50)29-40(4,5)28-37(48)49)41(6,7)34(42)15-20-44(35,10)43(33,9)22-23-45/h31-36,39,46H,2,11-29H2,1,3-10H3,(H,48,49)/t32?,33-,34?,35-,36+,39+,42+,43-,44-,45-/m1/s1. The fourth-order valence-corrected chi connectivity index (χ4v) is 14.9. The van der Waals surface area contributed by atoms with Crippen molar-refractivity contribution in [1.29, 1.82) is 0 Å². The van der Waals surface area contributed by atoms with E-state index in [1.165, 1.54) is 102 Å². The lowest BCUT2D eigenvalue weighted by Gasteiger charge is -2.73. The molecular formula is C45H76N2O4. The molecule has 0 aromatic heterocycles. The molecule has 6 nitrogen and oxygen atoms in total. The van der Waals surface area contributed by atoms with E-state index >= 15 is 0 Å². The predicted molar refractivity (Wildman–Crippen MR) is 207 cm³/mol. The zero-order chi connectivity index (χ0) is 37.2. The quantitative estimate of drug-likeness (QED) is 0.164. The van der Waals surface area contributed by atoms with Gasteiger partial charge in [-0.2, -0.15) is 0 Å². The highest BCUT2D eigenvalue weighted by molar-refractivity contribution is 5.73. The average molecular weight is 709 g/mol. The Hall–Kier alpha value is -1.40. The van der Waals surface area contributed by atoms with Crippen molar-refractivity contribution in [2.45, 2.75) is 171 Å². The van der Waals surface area contributed by atoms with Crippen LogP contribution in [-0.2, 0) is 14.3 Å². The van der Waals surface area contributed by atoms with Crippen LogP contribution >= 0.6 is 0 Å². The second-order valence-corrected chi connectivity index (χ2v) is 21.2. The summed E-state index contributed by atoms with van der Waals surface area (Å²) < 4.78 is 6.31. The molecule has 2 unspecified atom stereocenters. The van der Waals surface area contributed by atoms with Crippen LogP contribution in [0.25, 0.3) is 0 Å². The van der Waals surface area contributed by atoms with Gasteiger partial charge >= 0.3 is 11.9 Å². The molecule has 0 aromatic rings. The Kier molecular flexibility index (Phi) is 10.8. The van der Waals surface area contributed by atoms with Gasteiger partial charge in [-0.3, -0.25) is 9.59 Å². The number of ether oxygens (including phenoxy) is 1. The fraction of sp³-hybridized carbons (Fsp3) is 0.911. The third-order valence-corrected chi connectivity index (χ3v) is 17.8. The van der Waals surface area contributed by atoms with Gasteiger partial charge in [0.2, 0.25) is 0 Å². The number of aliphatic carboxylic acids is 1. The van der Waals surface area contributed by atoms with Gasteiger partial charge in [0.15, 0.2) is 0 Å². The predicted octanol–water partition coefficient (Wildman–Crippen LogP) is 9.91. The Morgan fingerprint density at radius 3 is 2.22 bits per heavy atom. The summed E-state index contributed by atoms with van der Waals surface area (Å²) in [5.74, 6) is 2.29. The monoisotopic (exact) mass is 709 g/mol. The van der Waals surface area contributed by atoms with Crippen molar-refractivity contribution < 1.29 is 19.4 Å². The summed E-state index contributed by atoms with van der Waals surface area (Å²) in [5.41, 5.74) is 2.04. The van der Waals surface area contributed by atoms with Crippen molar-refractivity contribution in [1.82, 2.24) is 10.2 Å².